The Balaban J connectivity index is 1.67. The Morgan fingerprint density at radius 3 is 2.76 bits per heavy atom. The molecule has 0 saturated heterocycles. The summed E-state index contributed by atoms with van der Waals surface area (Å²) in [6, 6.07) is 7.02. The third-order valence-electron chi connectivity index (χ3n) is 4.11. The molecule has 1 N–H and O–H groups in total. The minimum atomic E-state index is -0.613. The number of nitrogens with one attached hydrogen (secondary N) is 1. The molecule has 1 aliphatic rings. The first-order valence-corrected chi connectivity index (χ1v) is 7.85. The second-order valence-corrected chi connectivity index (χ2v) is 5.88. The Hall–Kier alpha value is -3.09. The molecule has 3 heterocycles. The first-order chi connectivity index (χ1) is 12.1. The molecule has 7 heteroatoms. The number of halogens is 2. The number of benzene rings is 1. The lowest BCUT2D eigenvalue weighted by atomic mass is 10.1. The van der Waals surface area contributed by atoms with Crippen molar-refractivity contribution in [1.29, 1.82) is 0 Å². The van der Waals surface area contributed by atoms with Crippen molar-refractivity contribution in [1.82, 2.24) is 20.1 Å². The van der Waals surface area contributed by atoms with Crippen molar-refractivity contribution in [2.75, 3.05) is 6.54 Å². The minimum Gasteiger partial charge on any atom is -0.352 e. The van der Waals surface area contributed by atoms with Crippen LogP contribution in [0.4, 0.5) is 8.78 Å². The molecule has 2 aromatic heterocycles. The highest BCUT2D eigenvalue weighted by Crippen LogP contribution is 2.19. The van der Waals surface area contributed by atoms with Crippen LogP contribution >= 0.6 is 0 Å². The maximum absolute atomic E-state index is 13.3. The van der Waals surface area contributed by atoms with E-state index in [0.717, 1.165) is 17.4 Å². The number of pyridine rings is 1. The first-order valence-electron chi connectivity index (χ1n) is 7.85. The topological polar surface area (TPSA) is 59.8 Å². The highest BCUT2D eigenvalue weighted by atomic mass is 19.1. The van der Waals surface area contributed by atoms with Gasteiger partial charge in [0.2, 0.25) is 0 Å². The van der Waals surface area contributed by atoms with Crippen LogP contribution in [-0.2, 0) is 12.8 Å². The summed E-state index contributed by atoms with van der Waals surface area (Å²) >= 11 is 0. The molecule has 126 valence electrons. The van der Waals surface area contributed by atoms with Crippen molar-refractivity contribution in [2.24, 2.45) is 0 Å². The summed E-state index contributed by atoms with van der Waals surface area (Å²) in [7, 11) is 0. The molecule has 0 aliphatic carbocycles. The zero-order valence-corrected chi connectivity index (χ0v) is 13.2. The summed E-state index contributed by atoms with van der Waals surface area (Å²) < 4.78 is 28.4. The van der Waals surface area contributed by atoms with E-state index in [9.17, 15) is 13.6 Å². The average molecular weight is 340 g/mol. The van der Waals surface area contributed by atoms with Gasteiger partial charge in [0.1, 0.15) is 11.6 Å². The van der Waals surface area contributed by atoms with Crippen LogP contribution in [0, 0.1) is 11.6 Å². The molecule has 0 saturated carbocycles. The Morgan fingerprint density at radius 1 is 1.16 bits per heavy atom. The fourth-order valence-electron chi connectivity index (χ4n) is 3.03. The van der Waals surface area contributed by atoms with Crippen LogP contribution in [0.3, 0.4) is 0 Å². The number of fused-ring (bicyclic) bond motifs is 1. The first kappa shape index (κ1) is 15.4. The van der Waals surface area contributed by atoms with E-state index in [-0.39, 0.29) is 5.91 Å². The molecule has 1 aliphatic heterocycles. The molecule has 0 unspecified atom stereocenters. The standard InChI is InChI=1S/C18H14F2N4O/c19-12-5-11(6-13(20)8-12)7-14-9-15(1-3-21-14)24-17-2-4-22-18(25)16(17)10-23-24/h1,3,5-6,8-10H,2,4,7H2,(H,22,25). The smallest absolute Gasteiger partial charge is 0.254 e. The van der Waals surface area contributed by atoms with Crippen LogP contribution in [0.15, 0.2) is 42.7 Å². The summed E-state index contributed by atoms with van der Waals surface area (Å²) in [5.74, 6) is -1.35. The molecule has 5 nitrogen and oxygen atoms in total. The van der Waals surface area contributed by atoms with Crippen LogP contribution in [0.5, 0.6) is 0 Å². The average Bonchev–Trinajstić information content (AvgIpc) is 2.99. The number of aromatic nitrogens is 3. The number of rotatable bonds is 3. The lowest BCUT2D eigenvalue weighted by Crippen LogP contribution is -2.32. The van der Waals surface area contributed by atoms with Gasteiger partial charge in [0.25, 0.3) is 5.91 Å². The van der Waals surface area contributed by atoms with Gasteiger partial charge in [-0.3, -0.25) is 9.78 Å². The molecular formula is C18H14F2N4O. The van der Waals surface area contributed by atoms with Gasteiger partial charge in [-0.05, 0) is 29.8 Å². The van der Waals surface area contributed by atoms with Gasteiger partial charge >= 0.3 is 0 Å². The summed E-state index contributed by atoms with van der Waals surface area (Å²) in [4.78, 5) is 16.1. The Bertz CT molecular complexity index is 947. The van der Waals surface area contributed by atoms with Gasteiger partial charge in [0, 0.05) is 37.3 Å². The van der Waals surface area contributed by atoms with E-state index in [2.05, 4.69) is 15.4 Å². The summed E-state index contributed by atoms with van der Waals surface area (Å²) in [5, 5.41) is 7.08. The molecule has 3 aromatic rings. The van der Waals surface area contributed by atoms with E-state index >= 15 is 0 Å². The van der Waals surface area contributed by atoms with Crippen LogP contribution in [-0.4, -0.2) is 27.2 Å². The number of amides is 1. The quantitative estimate of drug-likeness (QED) is 0.797. The molecule has 0 radical (unpaired) electrons. The predicted molar refractivity (Wildman–Crippen MR) is 86.6 cm³/mol. The Labute approximate surface area is 142 Å². The van der Waals surface area contributed by atoms with Gasteiger partial charge < -0.3 is 5.32 Å². The second kappa shape index (κ2) is 6.08. The van der Waals surface area contributed by atoms with E-state index in [4.69, 9.17) is 0 Å². The van der Waals surface area contributed by atoms with Crippen LogP contribution in [0.25, 0.3) is 5.69 Å². The third kappa shape index (κ3) is 3.00. The zero-order chi connectivity index (χ0) is 17.4. The van der Waals surface area contributed by atoms with Crippen LogP contribution in [0.2, 0.25) is 0 Å². The van der Waals surface area contributed by atoms with Crippen molar-refractivity contribution < 1.29 is 13.6 Å². The van der Waals surface area contributed by atoms with Gasteiger partial charge in [0.05, 0.1) is 23.1 Å². The van der Waals surface area contributed by atoms with E-state index in [1.54, 1.807) is 23.1 Å². The SMILES string of the molecule is O=C1NCCc2c1cnn2-c1ccnc(Cc2cc(F)cc(F)c2)c1. The molecule has 4 rings (SSSR count). The number of nitrogens with zero attached hydrogens (tertiary/aromatic N) is 3. The molecular weight excluding hydrogens is 326 g/mol. The molecule has 0 fully saturated rings. The number of carbonyl (C=O) groups excluding carboxylic acids is 1. The highest BCUT2D eigenvalue weighted by Gasteiger charge is 2.22. The fraction of sp³-hybridized carbons (Fsp3) is 0.167. The molecule has 0 spiro atoms. The normalized spacial score (nSPS) is 13.4. The minimum absolute atomic E-state index is 0.128. The van der Waals surface area contributed by atoms with E-state index in [1.807, 2.05) is 6.07 Å². The number of hydrogen-bond acceptors (Lipinski definition) is 3. The molecule has 25 heavy (non-hydrogen) atoms. The summed E-state index contributed by atoms with van der Waals surface area (Å²) in [6.07, 6.45) is 4.16. The van der Waals surface area contributed by atoms with Crippen LogP contribution < -0.4 is 5.32 Å². The Kier molecular flexibility index (Phi) is 3.76. The lowest BCUT2D eigenvalue weighted by Gasteiger charge is -2.15. The zero-order valence-electron chi connectivity index (χ0n) is 13.2. The Morgan fingerprint density at radius 2 is 1.96 bits per heavy atom. The van der Waals surface area contributed by atoms with Gasteiger partial charge in [-0.15, -0.1) is 0 Å². The highest BCUT2D eigenvalue weighted by molar-refractivity contribution is 5.96. The van der Waals surface area contributed by atoms with Gasteiger partial charge in [-0.2, -0.15) is 5.10 Å². The van der Waals surface area contributed by atoms with Crippen molar-refractivity contribution in [3.63, 3.8) is 0 Å². The molecule has 1 aromatic carbocycles. The second-order valence-electron chi connectivity index (χ2n) is 5.88. The van der Waals surface area contributed by atoms with E-state index < -0.39 is 11.6 Å². The van der Waals surface area contributed by atoms with Crippen molar-refractivity contribution in [3.05, 3.63) is 76.9 Å². The maximum atomic E-state index is 13.3. The van der Waals surface area contributed by atoms with Gasteiger partial charge in [0.15, 0.2) is 0 Å². The third-order valence-corrected chi connectivity index (χ3v) is 4.11. The van der Waals surface area contributed by atoms with Crippen LogP contribution in [0.1, 0.15) is 27.3 Å². The summed E-state index contributed by atoms with van der Waals surface area (Å²) in [6.45, 7) is 0.567. The van der Waals surface area contributed by atoms with E-state index in [0.29, 0.717) is 36.2 Å². The van der Waals surface area contributed by atoms with Crippen molar-refractivity contribution >= 4 is 5.91 Å². The fourth-order valence-corrected chi connectivity index (χ4v) is 3.03. The largest absolute Gasteiger partial charge is 0.352 e. The van der Waals surface area contributed by atoms with Gasteiger partial charge in [-0.25, -0.2) is 13.5 Å². The lowest BCUT2D eigenvalue weighted by molar-refractivity contribution is 0.0945. The predicted octanol–water partition coefficient (Wildman–Crippen LogP) is 2.42. The monoisotopic (exact) mass is 340 g/mol. The molecule has 0 bridgehead atoms. The molecule has 1 amide bonds. The summed E-state index contributed by atoms with van der Waals surface area (Å²) in [5.41, 5.74) is 3.34. The van der Waals surface area contributed by atoms with Crippen molar-refractivity contribution in [3.8, 4) is 5.69 Å². The molecule has 0 atom stereocenters. The van der Waals surface area contributed by atoms with E-state index in [1.165, 1.54) is 12.1 Å². The van der Waals surface area contributed by atoms with Crippen molar-refractivity contribution in [2.45, 2.75) is 12.8 Å². The maximum Gasteiger partial charge on any atom is 0.254 e. The number of carbonyl (C=O) groups is 1. The van der Waals surface area contributed by atoms with Gasteiger partial charge in [-0.1, -0.05) is 0 Å². The number of hydrogen-bond donors (Lipinski definition) is 1.